The van der Waals surface area contributed by atoms with Gasteiger partial charge >= 0.3 is 0 Å². The van der Waals surface area contributed by atoms with Gasteiger partial charge in [0.15, 0.2) is 11.0 Å². The lowest BCUT2D eigenvalue weighted by Crippen LogP contribution is -2.27. The third-order valence-corrected chi connectivity index (χ3v) is 6.32. The molecule has 4 rings (SSSR count). The van der Waals surface area contributed by atoms with Crippen molar-refractivity contribution in [3.8, 4) is 17.1 Å². The van der Waals surface area contributed by atoms with Crippen LogP contribution < -0.4 is 10.9 Å². The summed E-state index contributed by atoms with van der Waals surface area (Å²) in [6, 6.07) is 9.41. The molecular weight excluding hydrogens is 414 g/mol. The maximum absolute atomic E-state index is 13.2. The number of carbonyl (C=O) groups is 1. The molecule has 0 bridgehead atoms. The number of hydrogen-bond acceptors (Lipinski definition) is 6. The Hall–Kier alpha value is -2.65. The fourth-order valence-electron chi connectivity index (χ4n) is 3.83. The van der Waals surface area contributed by atoms with Crippen LogP contribution in [0.15, 0.2) is 40.3 Å². The highest BCUT2D eigenvalue weighted by atomic mass is 32.2. The number of hydrogen-bond donors (Lipinski definition) is 1. The molecule has 164 valence electrons. The van der Waals surface area contributed by atoms with E-state index in [1.807, 2.05) is 30.3 Å². The third kappa shape index (κ3) is 4.83. The number of fused-ring (bicyclic) bond motifs is 3. The predicted octanol–water partition coefficient (Wildman–Crippen LogP) is 2.50. The topological polar surface area (TPSA) is 91.0 Å². The minimum absolute atomic E-state index is 0.0368. The van der Waals surface area contributed by atoms with Gasteiger partial charge in [0.25, 0.3) is 5.56 Å². The number of ether oxygens (including phenoxy) is 1. The molecule has 9 heteroatoms. The van der Waals surface area contributed by atoms with Crippen LogP contribution in [0.4, 0.5) is 0 Å². The van der Waals surface area contributed by atoms with Gasteiger partial charge in [-0.2, -0.15) is 4.68 Å². The van der Waals surface area contributed by atoms with Crippen LogP contribution in [-0.4, -0.2) is 51.3 Å². The van der Waals surface area contributed by atoms with Crippen LogP contribution in [0.25, 0.3) is 17.1 Å². The summed E-state index contributed by atoms with van der Waals surface area (Å²) in [6.45, 7) is 2.01. The summed E-state index contributed by atoms with van der Waals surface area (Å²) >= 11 is 1.40. The largest absolute Gasteiger partial charge is 0.385 e. The Kier molecular flexibility index (Phi) is 7.03. The second-order valence-electron chi connectivity index (χ2n) is 7.54. The molecule has 31 heavy (non-hydrogen) atoms. The Morgan fingerprint density at radius 3 is 2.87 bits per heavy atom. The van der Waals surface area contributed by atoms with Crippen LogP contribution in [0.5, 0.6) is 0 Å². The minimum Gasteiger partial charge on any atom is -0.385 e. The highest BCUT2D eigenvalue weighted by Gasteiger charge is 2.27. The van der Waals surface area contributed by atoms with Crippen molar-refractivity contribution in [2.75, 3.05) is 26.0 Å². The molecular formula is C22H27N5O3S. The molecule has 0 radical (unpaired) electrons. The summed E-state index contributed by atoms with van der Waals surface area (Å²) in [5.74, 6) is 0.685. The van der Waals surface area contributed by atoms with Crippen LogP contribution in [0.3, 0.4) is 0 Å². The zero-order valence-corrected chi connectivity index (χ0v) is 18.5. The van der Waals surface area contributed by atoms with Gasteiger partial charge in [-0.25, -0.2) is 4.98 Å². The number of methoxy groups -OCH3 is 1. The predicted molar refractivity (Wildman–Crippen MR) is 120 cm³/mol. The van der Waals surface area contributed by atoms with Crippen molar-refractivity contribution < 1.29 is 9.53 Å². The second-order valence-corrected chi connectivity index (χ2v) is 8.48. The summed E-state index contributed by atoms with van der Waals surface area (Å²) in [5.41, 5.74) is 2.17. The van der Waals surface area contributed by atoms with E-state index in [1.54, 1.807) is 7.11 Å². The highest BCUT2D eigenvalue weighted by Crippen LogP contribution is 2.30. The summed E-state index contributed by atoms with van der Waals surface area (Å²) in [4.78, 5) is 30.2. The Morgan fingerprint density at radius 2 is 2.06 bits per heavy atom. The molecule has 0 aliphatic carbocycles. The number of para-hydroxylation sites is 1. The second kappa shape index (κ2) is 10.1. The summed E-state index contributed by atoms with van der Waals surface area (Å²) in [5, 5.41) is 8.18. The number of rotatable bonds is 8. The van der Waals surface area contributed by atoms with Gasteiger partial charge in [0.1, 0.15) is 5.56 Å². The summed E-state index contributed by atoms with van der Waals surface area (Å²) < 4.78 is 8.56. The summed E-state index contributed by atoms with van der Waals surface area (Å²) in [7, 11) is 1.65. The molecule has 0 unspecified atom stereocenters. The van der Waals surface area contributed by atoms with Crippen LogP contribution in [0.1, 0.15) is 31.4 Å². The quantitative estimate of drug-likeness (QED) is 0.328. The van der Waals surface area contributed by atoms with Gasteiger partial charge < -0.3 is 14.6 Å². The fourth-order valence-corrected chi connectivity index (χ4v) is 4.70. The van der Waals surface area contributed by atoms with Crippen molar-refractivity contribution in [1.29, 1.82) is 0 Å². The van der Waals surface area contributed by atoms with Crippen molar-refractivity contribution in [2.24, 2.45) is 0 Å². The minimum atomic E-state index is -0.133. The van der Waals surface area contributed by atoms with E-state index in [4.69, 9.17) is 9.72 Å². The van der Waals surface area contributed by atoms with Gasteiger partial charge in [-0.3, -0.25) is 9.59 Å². The molecule has 1 aromatic rings. The van der Waals surface area contributed by atoms with E-state index < -0.39 is 0 Å². The SMILES string of the molecule is COCCCNC(=O)CSc1nc2nn(-c3ccccc3)c(=O)c-2c2n1CCCCC2. The zero-order valence-electron chi connectivity index (χ0n) is 17.7. The standard InChI is InChI=1S/C22H27N5O3S/c1-30-14-8-12-23-18(28)15-31-22-24-20-19(17-11-6-3-7-13-26(17)22)21(29)27(25-20)16-9-4-2-5-10-16/h2,4-5,9-10H,3,6-8,11-15H2,1H3,(H,23,28). The van der Waals surface area contributed by atoms with Gasteiger partial charge in [-0.05, 0) is 37.8 Å². The lowest BCUT2D eigenvalue weighted by Gasteiger charge is -2.17. The molecule has 1 N–H and O–H groups in total. The monoisotopic (exact) mass is 441 g/mol. The molecule has 3 aliphatic heterocycles. The molecule has 1 aromatic carbocycles. The maximum atomic E-state index is 13.2. The van der Waals surface area contributed by atoms with E-state index in [9.17, 15) is 9.59 Å². The van der Waals surface area contributed by atoms with Crippen molar-refractivity contribution in [2.45, 2.75) is 43.8 Å². The maximum Gasteiger partial charge on any atom is 0.284 e. The average Bonchev–Trinajstić information content (AvgIpc) is 2.96. The van der Waals surface area contributed by atoms with E-state index >= 15 is 0 Å². The Labute approximate surface area is 185 Å². The molecule has 0 aromatic heterocycles. The number of nitrogens with zero attached hydrogens (tertiary/aromatic N) is 4. The number of amides is 1. The fraction of sp³-hybridized carbons (Fsp3) is 0.455. The molecule has 0 spiro atoms. The van der Waals surface area contributed by atoms with Gasteiger partial charge in [-0.1, -0.05) is 36.4 Å². The molecule has 3 aliphatic rings. The Morgan fingerprint density at radius 1 is 1.23 bits per heavy atom. The molecule has 0 atom stereocenters. The van der Waals surface area contributed by atoms with Crippen molar-refractivity contribution >= 4 is 17.7 Å². The number of thioether (sulfide) groups is 1. The van der Waals surface area contributed by atoms with E-state index in [0.29, 0.717) is 24.5 Å². The normalized spacial score (nSPS) is 13.7. The van der Waals surface area contributed by atoms with E-state index in [0.717, 1.165) is 55.2 Å². The number of nitrogens with one attached hydrogen (secondary N) is 1. The first-order valence-corrected chi connectivity index (χ1v) is 11.6. The number of benzene rings is 1. The average molecular weight is 442 g/mol. The molecule has 3 heterocycles. The summed E-state index contributed by atoms with van der Waals surface area (Å²) in [6.07, 6.45) is 4.76. The van der Waals surface area contributed by atoms with Gasteiger partial charge in [-0.15, -0.1) is 5.10 Å². The first-order chi connectivity index (χ1) is 15.2. The lowest BCUT2D eigenvalue weighted by molar-refractivity contribution is -0.118. The highest BCUT2D eigenvalue weighted by molar-refractivity contribution is 7.99. The van der Waals surface area contributed by atoms with Crippen molar-refractivity contribution in [3.05, 3.63) is 46.4 Å². The Bertz CT molecular complexity index is 1060. The zero-order chi connectivity index (χ0) is 21.6. The van der Waals surface area contributed by atoms with Crippen LogP contribution in [-0.2, 0) is 22.5 Å². The number of aromatic nitrogens is 4. The molecule has 0 saturated heterocycles. The molecule has 0 saturated carbocycles. The van der Waals surface area contributed by atoms with Gasteiger partial charge in [0.2, 0.25) is 5.91 Å². The smallest absolute Gasteiger partial charge is 0.284 e. The van der Waals surface area contributed by atoms with E-state index in [2.05, 4.69) is 15.0 Å². The first-order valence-electron chi connectivity index (χ1n) is 10.7. The molecule has 8 nitrogen and oxygen atoms in total. The van der Waals surface area contributed by atoms with E-state index in [-0.39, 0.29) is 17.2 Å². The van der Waals surface area contributed by atoms with Gasteiger partial charge in [0, 0.05) is 32.5 Å². The lowest BCUT2D eigenvalue weighted by atomic mass is 10.1. The van der Waals surface area contributed by atoms with Crippen molar-refractivity contribution in [1.82, 2.24) is 24.6 Å². The van der Waals surface area contributed by atoms with Crippen molar-refractivity contribution in [3.63, 3.8) is 0 Å². The first kappa shape index (κ1) is 21.6. The van der Waals surface area contributed by atoms with Crippen LogP contribution in [0, 0.1) is 0 Å². The van der Waals surface area contributed by atoms with Crippen LogP contribution >= 0.6 is 11.8 Å². The molecule has 0 fully saturated rings. The Balaban J connectivity index is 1.65. The van der Waals surface area contributed by atoms with Gasteiger partial charge in [0.05, 0.1) is 11.4 Å². The third-order valence-electron chi connectivity index (χ3n) is 5.35. The van der Waals surface area contributed by atoms with E-state index in [1.165, 1.54) is 16.4 Å². The molecule has 1 amide bonds. The number of carbonyl (C=O) groups excluding carboxylic acids is 1. The van der Waals surface area contributed by atoms with Crippen LogP contribution in [0.2, 0.25) is 0 Å².